The number of para-hydroxylation sites is 2. The van der Waals surface area contributed by atoms with Gasteiger partial charge in [0.1, 0.15) is 23.9 Å². The van der Waals surface area contributed by atoms with Crippen LogP contribution < -0.4 is 19.9 Å². The van der Waals surface area contributed by atoms with E-state index in [-0.39, 0.29) is 23.6 Å². The predicted octanol–water partition coefficient (Wildman–Crippen LogP) is 5.65. The minimum Gasteiger partial charge on any atom is -0.507 e. The number of fused-ring (bicyclic) bond motifs is 2. The van der Waals surface area contributed by atoms with Crippen LogP contribution in [0.15, 0.2) is 85.1 Å². The minimum absolute atomic E-state index is 0.189. The van der Waals surface area contributed by atoms with Crippen LogP contribution in [0.25, 0.3) is 28.0 Å². The van der Waals surface area contributed by atoms with Gasteiger partial charge in [-0.3, -0.25) is 14.9 Å². The number of nitrogens with zero attached hydrogens (tertiary/aromatic N) is 6. The Morgan fingerprint density at radius 1 is 0.788 bits per heavy atom. The molecule has 2 aromatic heterocycles. The van der Waals surface area contributed by atoms with Crippen LogP contribution >= 0.6 is 0 Å². The predicted molar refractivity (Wildman–Crippen MR) is 200 cm³/mol. The SMILES string of the molecule is O=C1CCC(N2CCOc3c(N4CCC(N5CCC(c6ccc(-n7ccc8nnc(-c9ccccc9O)cc87)cc6)CC5)CC4)cccc32)C(=O)N1. The number of carbonyl (C=O) groups is 2. The van der Waals surface area contributed by atoms with Crippen LogP contribution in [-0.4, -0.2) is 88.0 Å². The average molecular weight is 698 g/mol. The second kappa shape index (κ2) is 13.6. The molecular weight excluding hydrogens is 654 g/mol. The van der Waals surface area contributed by atoms with Crippen LogP contribution in [-0.2, 0) is 9.59 Å². The standard InChI is InChI=1S/C41H43N7O4/c49-38-7-2-1-4-31(38)33-26-37-32(43-44-33)18-23-47(37)30-10-8-27(9-11-30)28-14-19-45(20-15-28)29-16-21-46(22-17-29)34-5-3-6-35-40(34)52-25-24-48(35)36-12-13-39(50)42-41(36)51/h1-11,18,23,26,28-29,36,49H,12-17,19-22,24-25H2,(H,42,50,51). The van der Waals surface area contributed by atoms with E-state index in [2.05, 4.69) is 71.2 Å². The van der Waals surface area contributed by atoms with Crippen LogP contribution in [0, 0.1) is 0 Å². The first kappa shape index (κ1) is 32.5. The smallest absolute Gasteiger partial charge is 0.249 e. The summed E-state index contributed by atoms with van der Waals surface area (Å²) in [6, 6.07) is 26.6. The van der Waals surface area contributed by atoms with Gasteiger partial charge in [0.2, 0.25) is 11.8 Å². The van der Waals surface area contributed by atoms with Gasteiger partial charge in [0.25, 0.3) is 0 Å². The van der Waals surface area contributed by atoms with E-state index in [1.165, 1.54) is 5.56 Å². The topological polar surface area (TPSA) is 116 Å². The molecule has 0 aliphatic carbocycles. The number of hydrogen-bond donors (Lipinski definition) is 2. The molecule has 5 aromatic rings. The molecule has 4 aliphatic heterocycles. The zero-order valence-electron chi connectivity index (χ0n) is 29.2. The number of aromatic nitrogens is 3. The Balaban J connectivity index is 0.817. The number of piperidine rings is 3. The first-order valence-electron chi connectivity index (χ1n) is 18.6. The lowest BCUT2D eigenvalue weighted by Gasteiger charge is -2.44. The highest BCUT2D eigenvalue weighted by molar-refractivity contribution is 6.02. The van der Waals surface area contributed by atoms with Gasteiger partial charge in [-0.1, -0.05) is 30.3 Å². The van der Waals surface area contributed by atoms with Crippen LogP contribution in [0.4, 0.5) is 11.4 Å². The van der Waals surface area contributed by atoms with Crippen molar-refractivity contribution in [2.45, 2.75) is 56.5 Å². The van der Waals surface area contributed by atoms with Gasteiger partial charge >= 0.3 is 0 Å². The third-order valence-electron chi connectivity index (χ3n) is 11.6. The van der Waals surface area contributed by atoms with Crippen molar-refractivity contribution in [3.8, 4) is 28.4 Å². The number of aromatic hydroxyl groups is 1. The second-order valence-electron chi connectivity index (χ2n) is 14.5. The summed E-state index contributed by atoms with van der Waals surface area (Å²) in [5.74, 6) is 1.20. The lowest BCUT2D eigenvalue weighted by atomic mass is 9.88. The Kier molecular flexibility index (Phi) is 8.50. The minimum atomic E-state index is -0.345. The van der Waals surface area contributed by atoms with Crippen molar-refractivity contribution < 1.29 is 19.4 Å². The zero-order valence-corrected chi connectivity index (χ0v) is 29.2. The van der Waals surface area contributed by atoms with E-state index in [0.29, 0.717) is 49.2 Å². The Morgan fingerprint density at radius 3 is 2.37 bits per heavy atom. The molecule has 2 amide bonds. The Hall–Kier alpha value is -5.42. The highest BCUT2D eigenvalue weighted by Gasteiger charge is 2.36. The van der Waals surface area contributed by atoms with E-state index in [0.717, 1.165) is 85.7 Å². The number of phenols is 1. The van der Waals surface area contributed by atoms with E-state index in [1.807, 2.05) is 36.5 Å². The molecule has 52 heavy (non-hydrogen) atoms. The molecule has 0 spiro atoms. The summed E-state index contributed by atoms with van der Waals surface area (Å²) in [6.45, 7) is 5.31. The molecule has 0 bridgehead atoms. The molecule has 1 unspecified atom stereocenters. The number of ether oxygens (including phenoxy) is 1. The third kappa shape index (κ3) is 6.02. The van der Waals surface area contributed by atoms with Crippen LogP contribution in [0.1, 0.15) is 50.0 Å². The molecule has 3 aromatic carbocycles. The number of hydrogen-bond acceptors (Lipinski definition) is 9. The molecule has 3 saturated heterocycles. The fraction of sp³-hybridized carbons (Fsp3) is 0.366. The Morgan fingerprint density at radius 2 is 1.58 bits per heavy atom. The van der Waals surface area contributed by atoms with Crippen molar-refractivity contribution >= 4 is 34.2 Å². The summed E-state index contributed by atoms with van der Waals surface area (Å²) in [5, 5.41) is 21.7. The van der Waals surface area contributed by atoms with Gasteiger partial charge in [0, 0.05) is 43.0 Å². The number of carbonyl (C=O) groups excluding carboxylic acids is 2. The van der Waals surface area contributed by atoms with Gasteiger partial charge in [-0.25, -0.2) is 0 Å². The number of nitrogens with one attached hydrogen (secondary N) is 1. The lowest BCUT2D eigenvalue weighted by Crippen LogP contribution is -2.54. The van der Waals surface area contributed by atoms with Crippen molar-refractivity contribution in [3.63, 3.8) is 0 Å². The van der Waals surface area contributed by atoms with Crippen molar-refractivity contribution in [1.29, 1.82) is 0 Å². The maximum absolute atomic E-state index is 12.7. The van der Waals surface area contributed by atoms with Crippen LogP contribution in [0.3, 0.4) is 0 Å². The summed E-state index contributed by atoms with van der Waals surface area (Å²) in [7, 11) is 0. The molecule has 0 radical (unpaired) electrons. The monoisotopic (exact) mass is 697 g/mol. The molecule has 6 heterocycles. The number of benzene rings is 3. The average Bonchev–Trinajstić information content (AvgIpc) is 3.61. The number of anilines is 2. The molecule has 266 valence electrons. The molecule has 11 heteroatoms. The van der Waals surface area contributed by atoms with Gasteiger partial charge in [-0.2, -0.15) is 0 Å². The quantitative estimate of drug-likeness (QED) is 0.218. The van der Waals surface area contributed by atoms with E-state index in [4.69, 9.17) is 4.74 Å². The maximum atomic E-state index is 12.7. The van der Waals surface area contributed by atoms with E-state index < -0.39 is 0 Å². The van der Waals surface area contributed by atoms with Gasteiger partial charge in [0.05, 0.1) is 29.1 Å². The molecule has 1 atom stereocenters. The molecular formula is C41H43N7O4. The summed E-state index contributed by atoms with van der Waals surface area (Å²) in [4.78, 5) is 31.7. The highest BCUT2D eigenvalue weighted by atomic mass is 16.5. The van der Waals surface area contributed by atoms with E-state index >= 15 is 0 Å². The first-order valence-corrected chi connectivity index (χ1v) is 18.6. The van der Waals surface area contributed by atoms with Gasteiger partial charge in [0.15, 0.2) is 5.75 Å². The van der Waals surface area contributed by atoms with Crippen LogP contribution in [0.2, 0.25) is 0 Å². The van der Waals surface area contributed by atoms with Gasteiger partial charge in [-0.05, 0) is 105 Å². The summed E-state index contributed by atoms with van der Waals surface area (Å²) >= 11 is 0. The molecule has 0 saturated carbocycles. The normalized spacial score (nSPS) is 20.5. The fourth-order valence-electron chi connectivity index (χ4n) is 8.76. The zero-order chi connectivity index (χ0) is 35.2. The number of imide groups is 1. The fourth-order valence-corrected chi connectivity index (χ4v) is 8.76. The first-order chi connectivity index (χ1) is 25.5. The number of likely N-dealkylation sites (tertiary alicyclic amines) is 1. The van der Waals surface area contributed by atoms with Crippen molar-refractivity contribution in [3.05, 3.63) is 90.6 Å². The largest absolute Gasteiger partial charge is 0.507 e. The summed E-state index contributed by atoms with van der Waals surface area (Å²) in [5.41, 5.74) is 7.60. The van der Waals surface area contributed by atoms with Crippen molar-refractivity contribution in [2.24, 2.45) is 0 Å². The maximum Gasteiger partial charge on any atom is 0.249 e. The summed E-state index contributed by atoms with van der Waals surface area (Å²) < 4.78 is 8.38. The molecule has 2 N–H and O–H groups in total. The highest BCUT2D eigenvalue weighted by Crippen LogP contribution is 2.43. The molecule has 4 aliphatic rings. The molecule has 11 nitrogen and oxygen atoms in total. The summed E-state index contributed by atoms with van der Waals surface area (Å²) in [6.07, 6.45) is 7.46. The van der Waals surface area contributed by atoms with Gasteiger partial charge < -0.3 is 29.1 Å². The molecule has 3 fully saturated rings. The van der Waals surface area contributed by atoms with E-state index in [9.17, 15) is 14.7 Å². The Bertz CT molecular complexity index is 2120. The van der Waals surface area contributed by atoms with Gasteiger partial charge in [-0.15, -0.1) is 10.2 Å². The second-order valence-corrected chi connectivity index (χ2v) is 14.5. The number of amides is 2. The Labute approximate surface area is 302 Å². The van der Waals surface area contributed by atoms with Crippen LogP contribution in [0.5, 0.6) is 11.5 Å². The van der Waals surface area contributed by atoms with Crippen molar-refractivity contribution in [1.82, 2.24) is 25.0 Å². The van der Waals surface area contributed by atoms with Crippen molar-refractivity contribution in [2.75, 3.05) is 49.1 Å². The number of rotatable bonds is 6. The lowest BCUT2D eigenvalue weighted by molar-refractivity contribution is -0.134. The molecule has 9 rings (SSSR count). The number of phenolic OH excluding ortho intramolecular Hbond substituents is 1. The third-order valence-corrected chi connectivity index (χ3v) is 11.6. The van der Waals surface area contributed by atoms with E-state index in [1.54, 1.807) is 12.1 Å².